The third kappa shape index (κ3) is 5.78. The number of carbonyl (C=O) groups is 2. The Morgan fingerprint density at radius 2 is 1.90 bits per heavy atom. The molecule has 0 aromatic heterocycles. The van der Waals surface area contributed by atoms with Gasteiger partial charge in [0.05, 0.1) is 39.3 Å². The van der Waals surface area contributed by atoms with Gasteiger partial charge < -0.3 is 19.7 Å². The van der Waals surface area contributed by atoms with Gasteiger partial charge in [-0.2, -0.15) is 0 Å². The highest BCUT2D eigenvalue weighted by molar-refractivity contribution is 5.77. The van der Waals surface area contributed by atoms with Gasteiger partial charge in [-0.15, -0.1) is 0 Å². The number of carbonyl (C=O) groups excluding carboxylic acids is 2. The molecule has 2 N–H and O–H groups in total. The lowest BCUT2D eigenvalue weighted by atomic mass is 9.46. The molecule has 31 heavy (non-hydrogen) atoms. The molecule has 0 radical (unpaired) electrons. The quantitative estimate of drug-likeness (QED) is 0.398. The Morgan fingerprint density at radius 1 is 1.23 bits per heavy atom. The number of ether oxygens (including phenoxy) is 2. The second-order valence-electron chi connectivity index (χ2n) is 9.79. The standard InChI is InChI=1S/C25H40O6/c1-17(20(27)15-26)11-13-25(4)19(16-31-23(29)10-9-22(28)30-5)12-14-24(3)18(2)7-6-8-21(24)25/h7,19-21,26-27H,1,6,8-16H2,2-5H3/t19-,20+,21-,24-,25-/m0/s1. The molecule has 0 amide bonds. The molecule has 1 fully saturated rings. The van der Waals surface area contributed by atoms with Crippen LogP contribution in [0.25, 0.3) is 0 Å². The first kappa shape index (κ1) is 25.6. The van der Waals surface area contributed by atoms with E-state index in [0.29, 0.717) is 24.5 Å². The zero-order valence-electron chi connectivity index (χ0n) is 19.6. The van der Waals surface area contributed by atoms with Gasteiger partial charge in [-0.25, -0.2) is 0 Å². The largest absolute Gasteiger partial charge is 0.469 e. The molecule has 0 saturated heterocycles. The van der Waals surface area contributed by atoms with Crippen molar-refractivity contribution in [2.75, 3.05) is 20.3 Å². The second-order valence-corrected chi connectivity index (χ2v) is 9.79. The first-order chi connectivity index (χ1) is 14.6. The average molecular weight is 437 g/mol. The molecule has 0 aromatic rings. The van der Waals surface area contributed by atoms with Crippen molar-refractivity contribution >= 4 is 11.9 Å². The van der Waals surface area contributed by atoms with Crippen molar-refractivity contribution in [3.05, 3.63) is 23.8 Å². The summed E-state index contributed by atoms with van der Waals surface area (Å²) in [5.41, 5.74) is 2.11. The summed E-state index contributed by atoms with van der Waals surface area (Å²) in [4.78, 5) is 23.5. The van der Waals surface area contributed by atoms with E-state index in [1.54, 1.807) is 0 Å². The van der Waals surface area contributed by atoms with Crippen LogP contribution in [-0.4, -0.2) is 48.6 Å². The molecule has 2 rings (SSSR count). The Hall–Kier alpha value is -1.66. The van der Waals surface area contributed by atoms with Crippen molar-refractivity contribution < 1.29 is 29.3 Å². The molecule has 2 aliphatic rings. The topological polar surface area (TPSA) is 93.1 Å². The molecule has 6 heteroatoms. The number of allylic oxidation sites excluding steroid dienone is 2. The minimum Gasteiger partial charge on any atom is -0.469 e. The number of hydrogen-bond acceptors (Lipinski definition) is 6. The molecule has 0 spiro atoms. The molecular weight excluding hydrogens is 396 g/mol. The Morgan fingerprint density at radius 3 is 2.55 bits per heavy atom. The van der Waals surface area contributed by atoms with Gasteiger partial charge in [-0.05, 0) is 73.7 Å². The van der Waals surface area contributed by atoms with E-state index in [9.17, 15) is 19.8 Å². The van der Waals surface area contributed by atoms with Crippen LogP contribution in [0.15, 0.2) is 23.8 Å². The van der Waals surface area contributed by atoms with Gasteiger partial charge in [0.1, 0.15) is 0 Å². The van der Waals surface area contributed by atoms with E-state index in [4.69, 9.17) is 4.74 Å². The zero-order valence-corrected chi connectivity index (χ0v) is 19.6. The monoisotopic (exact) mass is 436 g/mol. The molecule has 2 aliphatic carbocycles. The maximum Gasteiger partial charge on any atom is 0.306 e. The molecule has 0 aliphatic heterocycles. The fourth-order valence-corrected chi connectivity index (χ4v) is 5.76. The summed E-state index contributed by atoms with van der Waals surface area (Å²) in [6, 6.07) is 0. The summed E-state index contributed by atoms with van der Waals surface area (Å²) in [6.07, 6.45) is 7.11. The van der Waals surface area contributed by atoms with Gasteiger partial charge in [-0.1, -0.05) is 32.1 Å². The fourth-order valence-electron chi connectivity index (χ4n) is 5.76. The van der Waals surface area contributed by atoms with Gasteiger partial charge in [0.15, 0.2) is 0 Å². The first-order valence-electron chi connectivity index (χ1n) is 11.4. The van der Waals surface area contributed by atoms with Crippen molar-refractivity contribution in [3.8, 4) is 0 Å². The number of esters is 2. The second kappa shape index (κ2) is 10.8. The highest BCUT2D eigenvalue weighted by Gasteiger charge is 2.54. The maximum absolute atomic E-state index is 12.2. The van der Waals surface area contributed by atoms with Crippen LogP contribution in [0.4, 0.5) is 0 Å². The summed E-state index contributed by atoms with van der Waals surface area (Å²) in [5.74, 6) is -0.157. The van der Waals surface area contributed by atoms with Gasteiger partial charge in [0.25, 0.3) is 0 Å². The van der Waals surface area contributed by atoms with E-state index in [1.165, 1.54) is 12.7 Å². The van der Waals surface area contributed by atoms with E-state index >= 15 is 0 Å². The summed E-state index contributed by atoms with van der Waals surface area (Å²) in [6.45, 7) is 10.9. The molecular formula is C25H40O6. The summed E-state index contributed by atoms with van der Waals surface area (Å²) in [5, 5.41) is 19.2. The molecule has 0 unspecified atom stereocenters. The van der Waals surface area contributed by atoms with Gasteiger partial charge in [-0.3, -0.25) is 9.59 Å². The Bertz CT molecular complexity index is 698. The Labute approximate surface area is 186 Å². The minimum absolute atomic E-state index is 0.0264. The lowest BCUT2D eigenvalue weighted by molar-refractivity contribution is -0.154. The van der Waals surface area contributed by atoms with Gasteiger partial charge >= 0.3 is 11.9 Å². The lowest BCUT2D eigenvalue weighted by Crippen LogP contribution is -2.51. The van der Waals surface area contributed by atoms with Crippen LogP contribution in [-0.2, 0) is 19.1 Å². The molecule has 5 atom stereocenters. The highest BCUT2D eigenvalue weighted by atomic mass is 16.5. The van der Waals surface area contributed by atoms with Crippen LogP contribution in [0.1, 0.15) is 72.1 Å². The fraction of sp³-hybridized carbons (Fsp3) is 0.760. The Balaban J connectivity index is 2.15. The summed E-state index contributed by atoms with van der Waals surface area (Å²) < 4.78 is 10.2. The Kier molecular flexibility index (Phi) is 8.90. The van der Waals surface area contributed by atoms with Gasteiger partial charge in [0.2, 0.25) is 0 Å². The molecule has 176 valence electrons. The zero-order chi connectivity index (χ0) is 23.2. The number of rotatable bonds is 10. The van der Waals surface area contributed by atoms with Crippen LogP contribution >= 0.6 is 0 Å². The van der Waals surface area contributed by atoms with Crippen LogP contribution in [0.2, 0.25) is 0 Å². The predicted octanol–water partition coefficient (Wildman–Crippen LogP) is 3.95. The van der Waals surface area contributed by atoms with Crippen LogP contribution < -0.4 is 0 Å². The number of aliphatic hydroxyl groups excluding tert-OH is 2. The molecule has 1 saturated carbocycles. The highest BCUT2D eigenvalue weighted by Crippen LogP contribution is 2.62. The molecule has 0 bridgehead atoms. The van der Waals surface area contributed by atoms with E-state index < -0.39 is 12.1 Å². The molecule has 6 nitrogen and oxygen atoms in total. The molecule has 0 heterocycles. The normalized spacial score (nSPS) is 31.2. The third-order valence-corrected chi connectivity index (χ3v) is 8.15. The summed E-state index contributed by atoms with van der Waals surface area (Å²) >= 11 is 0. The van der Waals surface area contributed by atoms with Gasteiger partial charge in [0, 0.05) is 0 Å². The SMILES string of the molecule is C=C(CC[C@@]1(C)[C@H](COC(=O)CCC(=O)OC)CC[C@@]2(C)C(C)=CCC[C@H]12)[C@H](O)CO. The van der Waals surface area contributed by atoms with Crippen molar-refractivity contribution in [1.82, 2.24) is 0 Å². The smallest absolute Gasteiger partial charge is 0.306 e. The number of aliphatic hydroxyl groups is 2. The number of fused-ring (bicyclic) bond motifs is 1. The minimum atomic E-state index is -0.902. The molecule has 0 aromatic carbocycles. The maximum atomic E-state index is 12.2. The number of methoxy groups -OCH3 is 1. The lowest BCUT2D eigenvalue weighted by Gasteiger charge is -2.58. The predicted molar refractivity (Wildman–Crippen MR) is 119 cm³/mol. The first-order valence-corrected chi connectivity index (χ1v) is 11.4. The van der Waals surface area contributed by atoms with E-state index in [0.717, 1.165) is 32.1 Å². The van der Waals surface area contributed by atoms with Crippen LogP contribution in [0, 0.1) is 22.7 Å². The third-order valence-electron chi connectivity index (χ3n) is 8.15. The van der Waals surface area contributed by atoms with Crippen molar-refractivity contribution in [3.63, 3.8) is 0 Å². The van der Waals surface area contributed by atoms with E-state index in [-0.39, 0.29) is 42.2 Å². The van der Waals surface area contributed by atoms with Crippen LogP contribution in [0.3, 0.4) is 0 Å². The summed E-state index contributed by atoms with van der Waals surface area (Å²) in [7, 11) is 1.31. The van der Waals surface area contributed by atoms with E-state index in [2.05, 4.69) is 38.2 Å². The van der Waals surface area contributed by atoms with Crippen molar-refractivity contribution in [2.24, 2.45) is 22.7 Å². The van der Waals surface area contributed by atoms with Crippen molar-refractivity contribution in [1.29, 1.82) is 0 Å². The van der Waals surface area contributed by atoms with Crippen LogP contribution in [0.5, 0.6) is 0 Å². The van der Waals surface area contributed by atoms with E-state index in [1.807, 2.05) is 0 Å². The number of hydrogen-bond donors (Lipinski definition) is 2. The van der Waals surface area contributed by atoms with Crippen molar-refractivity contribution in [2.45, 2.75) is 78.2 Å². The average Bonchev–Trinajstić information content (AvgIpc) is 2.76.